The lowest BCUT2D eigenvalue weighted by molar-refractivity contribution is 0.0886. The van der Waals surface area contributed by atoms with Crippen molar-refractivity contribution in [3.63, 3.8) is 0 Å². The topological polar surface area (TPSA) is 87.5 Å². The number of benzene rings is 1. The second kappa shape index (κ2) is 8.68. The molecule has 6 nitrogen and oxygen atoms in total. The van der Waals surface area contributed by atoms with E-state index in [2.05, 4.69) is 29.4 Å². The summed E-state index contributed by atoms with van der Waals surface area (Å²) < 4.78 is 0. The number of hydrogen-bond donors (Lipinski definition) is 3. The van der Waals surface area contributed by atoms with Crippen molar-refractivity contribution in [2.45, 2.75) is 51.7 Å². The highest BCUT2D eigenvalue weighted by Gasteiger charge is 2.23. The van der Waals surface area contributed by atoms with Gasteiger partial charge in [0.25, 0.3) is 5.91 Å². The minimum atomic E-state index is -0.558. The molecule has 2 rings (SSSR count). The van der Waals surface area contributed by atoms with Gasteiger partial charge in [-0.2, -0.15) is 0 Å². The van der Waals surface area contributed by atoms with Crippen molar-refractivity contribution in [3.05, 3.63) is 35.4 Å². The van der Waals surface area contributed by atoms with Crippen LogP contribution in [0.25, 0.3) is 0 Å². The number of piperidine rings is 1. The first-order valence-electron chi connectivity index (χ1n) is 8.63. The van der Waals surface area contributed by atoms with Crippen LogP contribution in [0.2, 0.25) is 0 Å². The maximum atomic E-state index is 12.3. The summed E-state index contributed by atoms with van der Waals surface area (Å²) in [6.45, 7) is 6.55. The Hall–Kier alpha value is -2.08. The molecule has 0 spiro atoms. The average Bonchev–Trinajstić information content (AvgIpc) is 2.58. The fourth-order valence-corrected chi connectivity index (χ4v) is 3.20. The van der Waals surface area contributed by atoms with Crippen LogP contribution in [0, 0.1) is 0 Å². The fourth-order valence-electron chi connectivity index (χ4n) is 3.20. The van der Waals surface area contributed by atoms with Crippen LogP contribution in [0.1, 0.15) is 49.0 Å². The summed E-state index contributed by atoms with van der Waals surface area (Å²) in [6.07, 6.45) is 3.77. The normalized spacial score (nSPS) is 19.5. The molecule has 1 saturated heterocycles. The van der Waals surface area contributed by atoms with Gasteiger partial charge in [0.2, 0.25) is 0 Å². The summed E-state index contributed by atoms with van der Waals surface area (Å²) in [7, 11) is 0. The Morgan fingerprint density at radius 3 is 2.58 bits per heavy atom. The molecule has 0 aromatic heterocycles. The van der Waals surface area contributed by atoms with E-state index in [4.69, 9.17) is 5.73 Å². The first-order chi connectivity index (χ1) is 11.5. The Bertz CT molecular complexity index is 559. The number of nitrogens with one attached hydrogen (secondary N) is 2. The first-order valence-corrected chi connectivity index (χ1v) is 8.63. The van der Waals surface area contributed by atoms with Gasteiger partial charge in [0.1, 0.15) is 0 Å². The zero-order chi connectivity index (χ0) is 17.5. The van der Waals surface area contributed by atoms with Gasteiger partial charge in [0.15, 0.2) is 0 Å². The predicted molar refractivity (Wildman–Crippen MR) is 94.7 cm³/mol. The molecule has 6 heteroatoms. The molecular formula is C18H28N4O2. The Labute approximate surface area is 143 Å². The van der Waals surface area contributed by atoms with E-state index < -0.39 is 6.03 Å². The van der Waals surface area contributed by atoms with Gasteiger partial charge < -0.3 is 16.4 Å². The molecule has 1 heterocycles. The Morgan fingerprint density at radius 1 is 1.25 bits per heavy atom. The van der Waals surface area contributed by atoms with Crippen LogP contribution in [0.5, 0.6) is 0 Å². The lowest BCUT2D eigenvalue weighted by Gasteiger charge is -2.38. The van der Waals surface area contributed by atoms with E-state index in [9.17, 15) is 9.59 Å². The lowest BCUT2D eigenvalue weighted by atomic mass is 10.0. The molecule has 24 heavy (non-hydrogen) atoms. The van der Waals surface area contributed by atoms with E-state index in [1.807, 2.05) is 12.1 Å². The highest BCUT2D eigenvalue weighted by atomic mass is 16.2. The molecule has 0 radical (unpaired) electrons. The molecule has 0 saturated carbocycles. The summed E-state index contributed by atoms with van der Waals surface area (Å²) >= 11 is 0. The van der Waals surface area contributed by atoms with Gasteiger partial charge in [0.05, 0.1) is 0 Å². The molecule has 2 atom stereocenters. The van der Waals surface area contributed by atoms with Crippen LogP contribution in [0.15, 0.2) is 24.3 Å². The molecule has 3 amide bonds. The third kappa shape index (κ3) is 5.23. The van der Waals surface area contributed by atoms with Crippen LogP contribution >= 0.6 is 0 Å². The van der Waals surface area contributed by atoms with Crippen molar-refractivity contribution < 1.29 is 9.59 Å². The van der Waals surface area contributed by atoms with Crippen molar-refractivity contribution in [2.24, 2.45) is 5.73 Å². The fraction of sp³-hybridized carbons (Fsp3) is 0.556. The Balaban J connectivity index is 1.82. The Morgan fingerprint density at radius 2 is 1.96 bits per heavy atom. The SMILES string of the molecule is C[C@@H]1CCCCN1[C@H](C)CNC(=O)c1ccc(CNC(N)=O)cc1. The van der Waals surface area contributed by atoms with Crippen molar-refractivity contribution >= 4 is 11.9 Å². The average molecular weight is 332 g/mol. The zero-order valence-corrected chi connectivity index (χ0v) is 14.5. The second-order valence-corrected chi connectivity index (χ2v) is 6.56. The van der Waals surface area contributed by atoms with Crippen molar-refractivity contribution in [2.75, 3.05) is 13.1 Å². The minimum Gasteiger partial charge on any atom is -0.352 e. The predicted octanol–water partition coefficient (Wildman–Crippen LogP) is 1.85. The zero-order valence-electron chi connectivity index (χ0n) is 14.5. The van der Waals surface area contributed by atoms with Crippen LogP contribution in [-0.2, 0) is 6.54 Å². The molecule has 1 aromatic rings. The lowest BCUT2D eigenvalue weighted by Crippen LogP contribution is -2.48. The van der Waals surface area contributed by atoms with Crippen LogP contribution in [0.3, 0.4) is 0 Å². The summed E-state index contributed by atoms with van der Waals surface area (Å²) in [5.41, 5.74) is 6.56. The molecule has 1 aliphatic heterocycles. The number of nitrogens with two attached hydrogens (primary N) is 1. The van der Waals surface area contributed by atoms with Gasteiger partial charge in [-0.15, -0.1) is 0 Å². The van der Waals surface area contributed by atoms with E-state index in [1.165, 1.54) is 19.3 Å². The quantitative estimate of drug-likeness (QED) is 0.743. The minimum absolute atomic E-state index is 0.0686. The highest BCUT2D eigenvalue weighted by Crippen LogP contribution is 2.18. The van der Waals surface area contributed by atoms with Crippen LogP contribution in [-0.4, -0.2) is 42.0 Å². The molecule has 1 fully saturated rings. The van der Waals surface area contributed by atoms with Gasteiger partial charge in [0, 0.05) is 30.7 Å². The number of primary amides is 1. The summed E-state index contributed by atoms with van der Waals surface area (Å²) in [4.78, 5) is 25.4. The number of urea groups is 1. The van der Waals surface area contributed by atoms with Gasteiger partial charge in [-0.25, -0.2) is 4.79 Å². The van der Waals surface area contributed by atoms with E-state index in [-0.39, 0.29) is 5.91 Å². The first kappa shape index (κ1) is 18.3. The number of nitrogens with zero attached hydrogens (tertiary/aromatic N) is 1. The molecule has 0 unspecified atom stereocenters. The monoisotopic (exact) mass is 332 g/mol. The number of carbonyl (C=O) groups excluding carboxylic acids is 2. The summed E-state index contributed by atoms with van der Waals surface area (Å²) in [6, 6.07) is 7.54. The number of hydrogen-bond acceptors (Lipinski definition) is 3. The molecule has 0 bridgehead atoms. The molecule has 1 aliphatic rings. The number of carbonyl (C=O) groups is 2. The van der Waals surface area contributed by atoms with Crippen molar-refractivity contribution in [1.29, 1.82) is 0 Å². The Kier molecular flexibility index (Phi) is 6.61. The third-order valence-electron chi connectivity index (χ3n) is 4.66. The van der Waals surface area contributed by atoms with E-state index in [0.29, 0.717) is 30.7 Å². The molecule has 4 N–H and O–H groups in total. The maximum absolute atomic E-state index is 12.3. The van der Waals surface area contributed by atoms with E-state index in [0.717, 1.165) is 12.1 Å². The third-order valence-corrected chi connectivity index (χ3v) is 4.66. The van der Waals surface area contributed by atoms with Crippen LogP contribution in [0.4, 0.5) is 4.79 Å². The molecule has 1 aromatic carbocycles. The van der Waals surface area contributed by atoms with Gasteiger partial charge in [-0.1, -0.05) is 18.6 Å². The van der Waals surface area contributed by atoms with Crippen molar-refractivity contribution in [1.82, 2.24) is 15.5 Å². The summed E-state index contributed by atoms with van der Waals surface area (Å²) in [5, 5.41) is 5.54. The van der Waals surface area contributed by atoms with Crippen molar-refractivity contribution in [3.8, 4) is 0 Å². The highest BCUT2D eigenvalue weighted by molar-refractivity contribution is 5.94. The number of rotatable bonds is 6. The molecular weight excluding hydrogens is 304 g/mol. The standard InChI is InChI=1S/C18H28N4O2/c1-13-5-3-4-10-22(13)14(2)11-20-17(23)16-8-6-15(7-9-16)12-21-18(19)24/h6-9,13-14H,3-5,10-12H2,1-2H3,(H,20,23)(H3,19,21,24)/t13-,14-/m1/s1. The second-order valence-electron chi connectivity index (χ2n) is 6.56. The molecule has 0 aliphatic carbocycles. The smallest absolute Gasteiger partial charge is 0.312 e. The number of likely N-dealkylation sites (tertiary alicyclic amines) is 1. The van der Waals surface area contributed by atoms with Gasteiger partial charge in [-0.05, 0) is 50.9 Å². The maximum Gasteiger partial charge on any atom is 0.312 e. The van der Waals surface area contributed by atoms with Gasteiger partial charge >= 0.3 is 6.03 Å². The van der Waals surface area contributed by atoms with E-state index >= 15 is 0 Å². The van der Waals surface area contributed by atoms with Crippen LogP contribution < -0.4 is 16.4 Å². The molecule has 132 valence electrons. The largest absolute Gasteiger partial charge is 0.352 e. The van der Waals surface area contributed by atoms with Gasteiger partial charge in [-0.3, -0.25) is 9.69 Å². The summed E-state index contributed by atoms with van der Waals surface area (Å²) in [5.74, 6) is -0.0686. The van der Waals surface area contributed by atoms with E-state index in [1.54, 1.807) is 12.1 Å². The number of amides is 3.